The van der Waals surface area contributed by atoms with Crippen molar-refractivity contribution in [2.24, 2.45) is 0 Å². The summed E-state index contributed by atoms with van der Waals surface area (Å²) in [6.45, 7) is -1.10. The van der Waals surface area contributed by atoms with E-state index >= 15 is 0 Å². The van der Waals surface area contributed by atoms with Crippen LogP contribution in [0.5, 0.6) is 0 Å². The first-order valence-electron chi connectivity index (χ1n) is 5.58. The van der Waals surface area contributed by atoms with Crippen molar-refractivity contribution in [2.45, 2.75) is 37.1 Å². The first-order valence-corrected chi connectivity index (χ1v) is 5.58. The van der Waals surface area contributed by atoms with Crippen LogP contribution in [0.15, 0.2) is 0 Å². The van der Waals surface area contributed by atoms with Crippen LogP contribution in [0.3, 0.4) is 0 Å². The van der Waals surface area contributed by atoms with E-state index < -0.39 is 61.5 Å². The highest BCUT2D eigenvalue weighted by atomic mass is 16.8. The third-order valence-corrected chi connectivity index (χ3v) is 2.65. The Bertz CT molecular complexity index is 299. The third kappa shape index (κ3) is 4.33. The molecule has 0 aromatic rings. The number of aliphatic hydroxyl groups excluding tert-OH is 4. The lowest BCUT2D eigenvalue weighted by Crippen LogP contribution is -3.04. The first kappa shape index (κ1) is 16.2. The van der Waals surface area contributed by atoms with Gasteiger partial charge in [-0.2, -0.15) is 0 Å². The molecule has 1 unspecified atom stereocenters. The Labute approximate surface area is 107 Å². The number of carbonyl (C=O) groups is 1. The second-order valence-corrected chi connectivity index (χ2v) is 4.08. The number of rotatable bonds is 5. The number of aliphatic hydroxyl groups is 4. The van der Waals surface area contributed by atoms with E-state index in [9.17, 15) is 25.3 Å². The molecule has 10 nitrogen and oxygen atoms in total. The summed E-state index contributed by atoms with van der Waals surface area (Å²) in [7, 11) is 0. The molecule has 0 amide bonds. The molecule has 0 aromatic carbocycles. The van der Waals surface area contributed by atoms with E-state index in [1.54, 1.807) is 0 Å². The van der Waals surface area contributed by atoms with Crippen LogP contribution >= 0.6 is 0 Å². The molecule has 6 N–H and O–H groups in total. The third-order valence-electron chi connectivity index (χ3n) is 2.65. The molecule has 10 heteroatoms. The van der Waals surface area contributed by atoms with E-state index in [1.807, 2.05) is 0 Å². The summed E-state index contributed by atoms with van der Waals surface area (Å²) in [4.78, 5) is 11.3. The van der Waals surface area contributed by atoms with E-state index in [4.69, 9.17) is 19.8 Å². The molecule has 0 bridgehead atoms. The number of quaternary nitrogens is 1. The number of esters is 1. The zero-order valence-corrected chi connectivity index (χ0v) is 9.88. The van der Waals surface area contributed by atoms with E-state index in [-0.39, 0.29) is 0 Å². The smallest absolute Gasteiger partial charge is 0.312 e. The van der Waals surface area contributed by atoms with Crippen molar-refractivity contribution in [3.63, 3.8) is 0 Å². The monoisotopic (exact) mass is 283 g/mol. The summed E-state index contributed by atoms with van der Waals surface area (Å²) in [6, 6.07) is 0. The molecule has 1 rings (SSSR count). The van der Waals surface area contributed by atoms with Crippen LogP contribution < -0.4 is 5.23 Å². The minimum absolute atomic E-state index is 0.438. The number of hydrogen-bond donors (Lipinski definition) is 6. The fourth-order valence-electron chi connectivity index (χ4n) is 1.63. The van der Waals surface area contributed by atoms with Gasteiger partial charge in [0.1, 0.15) is 24.9 Å². The fourth-order valence-corrected chi connectivity index (χ4v) is 1.63. The van der Waals surface area contributed by atoms with Gasteiger partial charge < -0.3 is 35.1 Å². The van der Waals surface area contributed by atoms with Crippen LogP contribution in [0.1, 0.15) is 6.42 Å². The van der Waals surface area contributed by atoms with E-state index in [2.05, 4.69) is 0 Å². The number of hydrogen-bond acceptors (Lipinski definition) is 9. The molecular weight excluding hydrogens is 266 g/mol. The van der Waals surface area contributed by atoms with E-state index in [0.29, 0.717) is 0 Å². The highest BCUT2D eigenvalue weighted by Gasteiger charge is 2.45. The van der Waals surface area contributed by atoms with Gasteiger partial charge in [-0.25, -0.2) is 10.4 Å². The summed E-state index contributed by atoms with van der Waals surface area (Å²) in [6.07, 6.45) is -8.09. The van der Waals surface area contributed by atoms with Crippen LogP contribution in [0.2, 0.25) is 0 Å². The summed E-state index contributed by atoms with van der Waals surface area (Å²) in [5.41, 5.74) is 0. The predicted molar refractivity (Wildman–Crippen MR) is 55.5 cm³/mol. The van der Waals surface area contributed by atoms with Crippen LogP contribution in [0.4, 0.5) is 0 Å². The maximum Gasteiger partial charge on any atom is 0.312 e. The molecule has 0 aromatic heterocycles. The van der Waals surface area contributed by atoms with Crippen LogP contribution in [-0.4, -0.2) is 75.5 Å². The minimum atomic E-state index is -1.72. The highest BCUT2D eigenvalue weighted by molar-refractivity contribution is 5.69. The van der Waals surface area contributed by atoms with Gasteiger partial charge in [-0.3, -0.25) is 4.79 Å². The first-order chi connectivity index (χ1) is 8.86. The number of ether oxygens (including phenoxy) is 2. The normalized spacial score (nSPS) is 36.8. The van der Waals surface area contributed by atoms with Crippen molar-refractivity contribution in [3.8, 4) is 0 Å². The van der Waals surface area contributed by atoms with Crippen molar-refractivity contribution in [2.75, 3.05) is 13.2 Å². The molecular formula is C9H17NO9. The summed E-state index contributed by atoms with van der Waals surface area (Å²) in [5, 5.41) is 54.9. The molecule has 6 atom stereocenters. The maximum absolute atomic E-state index is 11.3. The Morgan fingerprint density at radius 2 is 1.95 bits per heavy atom. The molecule has 1 aliphatic heterocycles. The molecule has 1 saturated heterocycles. The van der Waals surface area contributed by atoms with Gasteiger partial charge in [-0.15, -0.1) is 0 Å². The van der Waals surface area contributed by atoms with Gasteiger partial charge in [0.2, 0.25) is 0 Å². The van der Waals surface area contributed by atoms with Gasteiger partial charge in [-0.05, 0) is 0 Å². The van der Waals surface area contributed by atoms with Crippen molar-refractivity contribution in [3.05, 3.63) is 5.21 Å². The minimum Gasteiger partial charge on any atom is -0.600 e. The number of hydroxylamine groups is 2. The van der Waals surface area contributed by atoms with Gasteiger partial charge in [0.05, 0.1) is 13.0 Å². The topological polar surface area (TPSA) is 164 Å². The van der Waals surface area contributed by atoms with Crippen molar-refractivity contribution in [1.82, 2.24) is 0 Å². The molecule has 1 fully saturated rings. The van der Waals surface area contributed by atoms with Gasteiger partial charge in [0, 0.05) is 0 Å². The second kappa shape index (κ2) is 7.07. The lowest BCUT2D eigenvalue weighted by atomic mass is 9.99. The summed E-state index contributed by atoms with van der Waals surface area (Å²) in [5.74, 6) is -0.948. The lowest BCUT2D eigenvalue weighted by molar-refractivity contribution is -1.05. The Balaban J connectivity index is 2.59. The zero-order chi connectivity index (χ0) is 14.6. The van der Waals surface area contributed by atoms with Gasteiger partial charge in [-0.1, -0.05) is 0 Å². The highest BCUT2D eigenvalue weighted by Crippen LogP contribution is 2.22. The molecule has 1 heterocycles. The fraction of sp³-hybridized carbons (Fsp3) is 0.889. The Hall–Kier alpha value is -0.850. The SMILES string of the molecule is O=C(CC[NH+]([O-])O)O[C@@H]1[C@@H](O)[C@@H](O)O[C@H](CO)[C@H]1O. The summed E-state index contributed by atoms with van der Waals surface area (Å²) >= 11 is 0. The van der Waals surface area contributed by atoms with Crippen molar-refractivity contribution >= 4 is 5.97 Å². The maximum atomic E-state index is 11.3. The van der Waals surface area contributed by atoms with Gasteiger partial charge in [0.25, 0.3) is 0 Å². The zero-order valence-electron chi connectivity index (χ0n) is 9.88. The molecule has 112 valence electrons. The molecule has 1 aliphatic rings. The average molecular weight is 283 g/mol. The standard InChI is InChI=1S/C9H17NO9/c11-3-4-6(13)8(7(14)9(15)18-4)19-5(12)1-2-10(16)17/h4,6-11,13-16H,1-3H2/t4-,6-,7-,8+,9+/m1/s1. The molecule has 0 saturated carbocycles. The van der Waals surface area contributed by atoms with Crippen LogP contribution in [-0.2, 0) is 14.3 Å². The van der Waals surface area contributed by atoms with Crippen molar-refractivity contribution in [1.29, 1.82) is 0 Å². The van der Waals surface area contributed by atoms with Crippen LogP contribution in [0, 0.1) is 5.21 Å². The van der Waals surface area contributed by atoms with E-state index in [0.717, 1.165) is 0 Å². The Kier molecular flexibility index (Phi) is 6.03. The second-order valence-electron chi connectivity index (χ2n) is 4.08. The Morgan fingerprint density at radius 3 is 2.47 bits per heavy atom. The van der Waals surface area contributed by atoms with Gasteiger partial charge >= 0.3 is 5.97 Å². The molecule has 0 radical (unpaired) electrons. The molecule has 19 heavy (non-hydrogen) atoms. The Morgan fingerprint density at radius 1 is 1.32 bits per heavy atom. The molecule has 0 aliphatic carbocycles. The van der Waals surface area contributed by atoms with E-state index in [1.165, 1.54) is 0 Å². The van der Waals surface area contributed by atoms with Crippen LogP contribution in [0.25, 0.3) is 0 Å². The molecule has 0 spiro atoms. The van der Waals surface area contributed by atoms with Gasteiger partial charge in [0.15, 0.2) is 12.4 Å². The lowest BCUT2D eigenvalue weighted by Gasteiger charge is -2.39. The van der Waals surface area contributed by atoms with Crippen molar-refractivity contribution < 1.29 is 45.1 Å². The average Bonchev–Trinajstić information content (AvgIpc) is 2.36. The summed E-state index contributed by atoms with van der Waals surface area (Å²) < 4.78 is 9.41. The predicted octanol–water partition coefficient (Wildman–Crippen LogP) is -4.51. The number of nitrogens with one attached hydrogen (secondary N) is 1. The largest absolute Gasteiger partial charge is 0.600 e. The quantitative estimate of drug-likeness (QED) is 0.215. The number of carbonyl (C=O) groups excluding carboxylic acids is 1.